The monoisotopic (exact) mass is 369 g/mol. The summed E-state index contributed by atoms with van der Waals surface area (Å²) in [6.07, 6.45) is 1.14. The van der Waals surface area contributed by atoms with E-state index in [9.17, 15) is 0 Å². The molecule has 1 saturated heterocycles. The van der Waals surface area contributed by atoms with E-state index in [0.717, 1.165) is 49.4 Å². The summed E-state index contributed by atoms with van der Waals surface area (Å²) in [4.78, 5) is 13.7. The lowest BCUT2D eigenvalue weighted by atomic mass is 10.1. The van der Waals surface area contributed by atoms with Gasteiger partial charge in [-0.25, -0.2) is 9.98 Å². The highest BCUT2D eigenvalue weighted by atomic mass is 32.1. The van der Waals surface area contributed by atoms with Crippen molar-refractivity contribution in [3.63, 3.8) is 0 Å². The highest BCUT2D eigenvalue weighted by molar-refractivity contribution is 7.13. The highest BCUT2D eigenvalue weighted by Crippen LogP contribution is 2.19. The minimum Gasteiger partial charge on any atom is -0.382 e. The van der Waals surface area contributed by atoms with Crippen LogP contribution in [0.1, 0.15) is 19.0 Å². The van der Waals surface area contributed by atoms with Crippen molar-refractivity contribution in [1.82, 2.24) is 15.2 Å². The second-order valence-corrected chi connectivity index (χ2v) is 7.19. The average Bonchev–Trinajstić information content (AvgIpc) is 3.25. The molecule has 0 bridgehead atoms. The van der Waals surface area contributed by atoms with E-state index in [2.05, 4.69) is 27.5 Å². The first kappa shape index (κ1) is 19.9. The Bertz CT molecular complexity index is 535. The smallest absolute Gasteiger partial charge is 0.194 e. The number of aromatic nitrogens is 1. The van der Waals surface area contributed by atoms with Gasteiger partial charge in [-0.3, -0.25) is 0 Å². The van der Waals surface area contributed by atoms with Crippen LogP contribution in [0.3, 0.4) is 0 Å². The van der Waals surface area contributed by atoms with E-state index >= 15 is 0 Å². The van der Waals surface area contributed by atoms with Crippen molar-refractivity contribution in [2.24, 2.45) is 10.9 Å². The molecule has 1 aromatic rings. The summed E-state index contributed by atoms with van der Waals surface area (Å²) in [5.41, 5.74) is 1.02. The predicted octanol–water partition coefficient (Wildman–Crippen LogP) is 1.66. The molecule has 8 heteroatoms. The first-order valence-electron chi connectivity index (χ1n) is 8.85. The summed E-state index contributed by atoms with van der Waals surface area (Å²) in [5, 5.41) is 6.50. The molecule has 142 valence electrons. The molecule has 0 aliphatic carbocycles. The molecule has 1 aliphatic rings. The van der Waals surface area contributed by atoms with E-state index in [1.807, 2.05) is 19.0 Å². The minimum atomic E-state index is 0.556. The largest absolute Gasteiger partial charge is 0.382 e. The van der Waals surface area contributed by atoms with Gasteiger partial charge in [0.2, 0.25) is 0 Å². The maximum Gasteiger partial charge on any atom is 0.194 e. The Kier molecular flexibility index (Phi) is 8.43. The molecule has 0 amide bonds. The summed E-state index contributed by atoms with van der Waals surface area (Å²) in [5.74, 6) is 1.53. The van der Waals surface area contributed by atoms with Gasteiger partial charge in [0.25, 0.3) is 0 Å². The Labute approximate surface area is 155 Å². The van der Waals surface area contributed by atoms with Crippen molar-refractivity contribution < 1.29 is 9.47 Å². The number of likely N-dealkylation sites (tertiary alicyclic amines) is 1. The normalized spacial score (nSPS) is 18.0. The quantitative estimate of drug-likeness (QED) is 0.406. The van der Waals surface area contributed by atoms with Gasteiger partial charge < -0.3 is 24.6 Å². The SMILES string of the molecule is CCNC(=NCc1csc(N(C)C)n1)N1CCC(COCCOC)C1. The molecule has 0 radical (unpaired) electrons. The number of aliphatic imine (C=N–C) groups is 1. The third-order valence-electron chi connectivity index (χ3n) is 4.02. The lowest BCUT2D eigenvalue weighted by molar-refractivity contribution is 0.0536. The Morgan fingerprint density at radius 1 is 1.48 bits per heavy atom. The molecular weight excluding hydrogens is 338 g/mol. The Balaban J connectivity index is 1.86. The number of hydrogen-bond donors (Lipinski definition) is 1. The van der Waals surface area contributed by atoms with Crippen LogP contribution in [0.15, 0.2) is 10.4 Å². The molecule has 1 fully saturated rings. The minimum absolute atomic E-state index is 0.556. The van der Waals surface area contributed by atoms with Crippen LogP contribution in [-0.4, -0.2) is 76.5 Å². The molecule has 2 rings (SSSR count). The number of anilines is 1. The molecule has 1 aliphatic heterocycles. The number of methoxy groups -OCH3 is 1. The zero-order chi connectivity index (χ0) is 18.1. The predicted molar refractivity (Wildman–Crippen MR) is 104 cm³/mol. The molecule has 0 aromatic carbocycles. The maximum atomic E-state index is 5.68. The van der Waals surface area contributed by atoms with Crippen LogP contribution in [0.25, 0.3) is 0 Å². The summed E-state index contributed by atoms with van der Waals surface area (Å²) in [6.45, 7) is 7.69. The second kappa shape index (κ2) is 10.6. The molecule has 1 aromatic heterocycles. The fraction of sp³-hybridized carbons (Fsp3) is 0.765. The second-order valence-electron chi connectivity index (χ2n) is 6.35. The average molecular weight is 370 g/mol. The molecule has 0 spiro atoms. The summed E-state index contributed by atoms with van der Waals surface area (Å²) < 4.78 is 10.7. The number of ether oxygens (including phenoxy) is 2. The molecule has 0 saturated carbocycles. The van der Waals surface area contributed by atoms with Crippen LogP contribution in [0.5, 0.6) is 0 Å². The summed E-state index contributed by atoms with van der Waals surface area (Å²) in [6, 6.07) is 0. The molecule has 7 nitrogen and oxygen atoms in total. The van der Waals surface area contributed by atoms with Crippen LogP contribution < -0.4 is 10.2 Å². The lowest BCUT2D eigenvalue weighted by Crippen LogP contribution is -2.40. The van der Waals surface area contributed by atoms with Crippen LogP contribution >= 0.6 is 11.3 Å². The zero-order valence-corrected chi connectivity index (χ0v) is 16.6. The molecule has 1 N–H and O–H groups in total. The van der Waals surface area contributed by atoms with Crippen molar-refractivity contribution in [1.29, 1.82) is 0 Å². The maximum absolute atomic E-state index is 5.68. The number of thiazole rings is 1. The van der Waals surface area contributed by atoms with E-state index in [-0.39, 0.29) is 0 Å². The van der Waals surface area contributed by atoms with Crippen LogP contribution in [0, 0.1) is 5.92 Å². The highest BCUT2D eigenvalue weighted by Gasteiger charge is 2.25. The number of rotatable bonds is 9. The van der Waals surface area contributed by atoms with Gasteiger partial charge in [-0.15, -0.1) is 11.3 Å². The van der Waals surface area contributed by atoms with Crippen molar-refractivity contribution in [3.05, 3.63) is 11.1 Å². The van der Waals surface area contributed by atoms with Gasteiger partial charge >= 0.3 is 0 Å². The molecule has 2 heterocycles. The van der Waals surface area contributed by atoms with Gasteiger partial charge in [-0.1, -0.05) is 0 Å². The van der Waals surface area contributed by atoms with E-state index in [4.69, 9.17) is 14.5 Å². The van der Waals surface area contributed by atoms with Crippen LogP contribution in [0.4, 0.5) is 5.13 Å². The number of nitrogens with one attached hydrogen (secondary N) is 1. The van der Waals surface area contributed by atoms with Crippen molar-refractivity contribution >= 4 is 22.4 Å². The molecule has 25 heavy (non-hydrogen) atoms. The number of guanidine groups is 1. The molecule has 1 atom stereocenters. The number of hydrogen-bond acceptors (Lipinski definition) is 6. The van der Waals surface area contributed by atoms with Gasteiger partial charge in [0.1, 0.15) is 0 Å². The lowest BCUT2D eigenvalue weighted by Gasteiger charge is -2.21. The van der Waals surface area contributed by atoms with Crippen molar-refractivity contribution in [2.75, 3.05) is 65.6 Å². The van der Waals surface area contributed by atoms with E-state index in [0.29, 0.717) is 25.7 Å². The third kappa shape index (κ3) is 6.45. The standard InChI is InChI=1S/C17H31N5O2S/c1-5-18-16(19-10-15-13-25-17(20-15)21(2)3)22-7-6-14(11-22)12-24-9-8-23-4/h13-14H,5-12H2,1-4H3,(H,18,19). The van der Waals surface area contributed by atoms with Crippen LogP contribution in [-0.2, 0) is 16.0 Å². The first-order chi connectivity index (χ1) is 12.1. The fourth-order valence-electron chi connectivity index (χ4n) is 2.71. The third-order valence-corrected chi connectivity index (χ3v) is 5.08. The van der Waals surface area contributed by atoms with Gasteiger partial charge in [0.15, 0.2) is 11.1 Å². The van der Waals surface area contributed by atoms with E-state index < -0.39 is 0 Å². The van der Waals surface area contributed by atoms with E-state index in [1.54, 1.807) is 18.4 Å². The topological polar surface area (TPSA) is 62.2 Å². The van der Waals surface area contributed by atoms with Crippen molar-refractivity contribution in [2.45, 2.75) is 19.9 Å². The molecular formula is C17H31N5O2S. The Morgan fingerprint density at radius 3 is 3.00 bits per heavy atom. The Morgan fingerprint density at radius 2 is 2.32 bits per heavy atom. The Hall–Kier alpha value is -1.38. The summed E-state index contributed by atoms with van der Waals surface area (Å²) in [7, 11) is 5.72. The first-order valence-corrected chi connectivity index (χ1v) is 9.73. The van der Waals surface area contributed by atoms with Gasteiger partial charge in [0.05, 0.1) is 32.1 Å². The fourth-order valence-corrected chi connectivity index (χ4v) is 3.46. The zero-order valence-electron chi connectivity index (χ0n) is 15.8. The van der Waals surface area contributed by atoms with Crippen molar-refractivity contribution in [3.8, 4) is 0 Å². The summed E-state index contributed by atoms with van der Waals surface area (Å²) >= 11 is 1.65. The van der Waals surface area contributed by atoms with Gasteiger partial charge in [-0.2, -0.15) is 0 Å². The molecule has 1 unspecified atom stereocenters. The van der Waals surface area contributed by atoms with Crippen LogP contribution in [0.2, 0.25) is 0 Å². The van der Waals surface area contributed by atoms with Gasteiger partial charge in [-0.05, 0) is 13.3 Å². The van der Waals surface area contributed by atoms with Gasteiger partial charge in [0, 0.05) is 52.1 Å². The number of nitrogens with zero attached hydrogens (tertiary/aromatic N) is 4. The van der Waals surface area contributed by atoms with E-state index in [1.165, 1.54) is 0 Å².